The van der Waals surface area contributed by atoms with Crippen molar-refractivity contribution in [2.45, 2.75) is 50.6 Å². The SMILES string of the molecule is C1CCC(N2CCC3CCNC3C2)C1. The zero-order chi connectivity index (χ0) is 9.38. The first-order valence-corrected chi connectivity index (χ1v) is 6.41. The van der Waals surface area contributed by atoms with Gasteiger partial charge in [0.25, 0.3) is 0 Å². The summed E-state index contributed by atoms with van der Waals surface area (Å²) in [5.74, 6) is 1.01. The molecule has 0 aromatic rings. The Labute approximate surface area is 87.0 Å². The van der Waals surface area contributed by atoms with Crippen molar-refractivity contribution >= 4 is 0 Å². The second-order valence-electron chi connectivity index (χ2n) is 5.33. The molecule has 0 bridgehead atoms. The molecule has 1 aliphatic carbocycles. The lowest BCUT2D eigenvalue weighted by molar-refractivity contribution is 0.120. The zero-order valence-corrected chi connectivity index (χ0v) is 9.04. The maximum Gasteiger partial charge on any atom is 0.0224 e. The van der Waals surface area contributed by atoms with Gasteiger partial charge in [-0.05, 0) is 44.7 Å². The third kappa shape index (κ3) is 1.59. The molecule has 0 spiro atoms. The standard InChI is InChI=1S/C12H22N2/c1-2-4-11(3-1)14-8-6-10-5-7-13-12(10)9-14/h10-13H,1-9H2. The molecule has 2 heterocycles. The molecule has 3 fully saturated rings. The fraction of sp³-hybridized carbons (Fsp3) is 1.00. The van der Waals surface area contributed by atoms with Gasteiger partial charge in [-0.1, -0.05) is 12.8 Å². The Kier molecular flexibility index (Phi) is 2.50. The predicted molar refractivity (Wildman–Crippen MR) is 58.3 cm³/mol. The van der Waals surface area contributed by atoms with Crippen LogP contribution in [0.5, 0.6) is 0 Å². The molecule has 0 radical (unpaired) electrons. The third-order valence-corrected chi connectivity index (χ3v) is 4.55. The number of hydrogen-bond donors (Lipinski definition) is 1. The third-order valence-electron chi connectivity index (χ3n) is 4.55. The van der Waals surface area contributed by atoms with Crippen LogP contribution in [0.4, 0.5) is 0 Å². The molecule has 1 saturated carbocycles. The predicted octanol–water partition coefficient (Wildman–Crippen LogP) is 1.61. The van der Waals surface area contributed by atoms with Crippen molar-refractivity contribution in [2.75, 3.05) is 19.6 Å². The molecule has 80 valence electrons. The monoisotopic (exact) mass is 194 g/mol. The molecule has 0 aromatic heterocycles. The maximum absolute atomic E-state index is 3.67. The molecule has 3 aliphatic rings. The van der Waals surface area contributed by atoms with E-state index in [9.17, 15) is 0 Å². The van der Waals surface area contributed by atoms with Crippen molar-refractivity contribution in [3.8, 4) is 0 Å². The highest BCUT2D eigenvalue weighted by molar-refractivity contribution is 4.93. The van der Waals surface area contributed by atoms with Crippen molar-refractivity contribution in [3.63, 3.8) is 0 Å². The summed E-state index contributed by atoms with van der Waals surface area (Å²) in [7, 11) is 0. The van der Waals surface area contributed by atoms with E-state index in [0.717, 1.165) is 18.0 Å². The van der Waals surface area contributed by atoms with Gasteiger partial charge >= 0.3 is 0 Å². The van der Waals surface area contributed by atoms with Gasteiger partial charge < -0.3 is 5.32 Å². The quantitative estimate of drug-likeness (QED) is 0.682. The van der Waals surface area contributed by atoms with Gasteiger partial charge in [-0.25, -0.2) is 0 Å². The molecule has 2 saturated heterocycles. The normalized spacial score (nSPS) is 40.3. The number of nitrogens with zero attached hydrogens (tertiary/aromatic N) is 1. The van der Waals surface area contributed by atoms with Gasteiger partial charge in [-0.2, -0.15) is 0 Å². The molecule has 1 N–H and O–H groups in total. The van der Waals surface area contributed by atoms with Crippen LogP contribution in [0.15, 0.2) is 0 Å². The van der Waals surface area contributed by atoms with Gasteiger partial charge in [0.05, 0.1) is 0 Å². The molecule has 0 aromatic carbocycles. The lowest BCUT2D eigenvalue weighted by Crippen LogP contribution is -2.49. The molecule has 3 rings (SSSR count). The lowest BCUT2D eigenvalue weighted by Gasteiger charge is -2.38. The summed E-state index contributed by atoms with van der Waals surface area (Å²) in [5.41, 5.74) is 0. The van der Waals surface area contributed by atoms with Gasteiger partial charge in [-0.3, -0.25) is 4.90 Å². The smallest absolute Gasteiger partial charge is 0.0224 e. The second kappa shape index (κ2) is 3.82. The molecule has 2 aliphatic heterocycles. The summed E-state index contributed by atoms with van der Waals surface area (Å²) in [5, 5.41) is 3.67. The van der Waals surface area contributed by atoms with E-state index in [2.05, 4.69) is 10.2 Å². The Morgan fingerprint density at radius 3 is 2.71 bits per heavy atom. The van der Waals surface area contributed by atoms with E-state index < -0.39 is 0 Å². The fourth-order valence-electron chi connectivity index (χ4n) is 3.66. The van der Waals surface area contributed by atoms with Crippen LogP contribution in [0, 0.1) is 5.92 Å². The Hall–Kier alpha value is -0.0800. The van der Waals surface area contributed by atoms with Crippen molar-refractivity contribution in [1.82, 2.24) is 10.2 Å². The van der Waals surface area contributed by atoms with Crippen LogP contribution < -0.4 is 5.32 Å². The first kappa shape index (κ1) is 9.17. The number of hydrogen-bond acceptors (Lipinski definition) is 2. The van der Waals surface area contributed by atoms with Crippen LogP contribution in [-0.4, -0.2) is 36.6 Å². The van der Waals surface area contributed by atoms with E-state index in [4.69, 9.17) is 0 Å². The first-order chi connectivity index (χ1) is 6.93. The van der Waals surface area contributed by atoms with Crippen molar-refractivity contribution < 1.29 is 0 Å². The van der Waals surface area contributed by atoms with Crippen LogP contribution in [-0.2, 0) is 0 Å². The fourth-order valence-corrected chi connectivity index (χ4v) is 3.66. The Morgan fingerprint density at radius 2 is 1.86 bits per heavy atom. The van der Waals surface area contributed by atoms with E-state index in [1.165, 1.54) is 58.2 Å². The molecular formula is C12H22N2. The number of piperidine rings is 1. The van der Waals surface area contributed by atoms with Crippen molar-refractivity contribution in [3.05, 3.63) is 0 Å². The van der Waals surface area contributed by atoms with Crippen LogP contribution in [0.2, 0.25) is 0 Å². The molecule has 14 heavy (non-hydrogen) atoms. The first-order valence-electron chi connectivity index (χ1n) is 6.41. The minimum atomic E-state index is 0.837. The van der Waals surface area contributed by atoms with E-state index in [-0.39, 0.29) is 0 Å². The Balaban J connectivity index is 1.60. The van der Waals surface area contributed by atoms with Crippen molar-refractivity contribution in [2.24, 2.45) is 5.92 Å². The van der Waals surface area contributed by atoms with Gasteiger partial charge in [0.2, 0.25) is 0 Å². The minimum absolute atomic E-state index is 0.837. The zero-order valence-electron chi connectivity index (χ0n) is 9.04. The van der Waals surface area contributed by atoms with Crippen LogP contribution in [0.3, 0.4) is 0 Å². The van der Waals surface area contributed by atoms with Gasteiger partial charge in [-0.15, -0.1) is 0 Å². The second-order valence-corrected chi connectivity index (χ2v) is 5.33. The largest absolute Gasteiger partial charge is 0.312 e. The van der Waals surface area contributed by atoms with Crippen LogP contribution >= 0.6 is 0 Å². The highest BCUT2D eigenvalue weighted by Crippen LogP contribution is 2.30. The highest BCUT2D eigenvalue weighted by atomic mass is 15.2. The average Bonchev–Trinajstić information content (AvgIpc) is 2.88. The maximum atomic E-state index is 3.67. The number of likely N-dealkylation sites (tertiary alicyclic amines) is 1. The number of nitrogens with one attached hydrogen (secondary N) is 1. The topological polar surface area (TPSA) is 15.3 Å². The summed E-state index contributed by atoms with van der Waals surface area (Å²) in [6.07, 6.45) is 8.78. The molecule has 2 heteroatoms. The van der Waals surface area contributed by atoms with Gasteiger partial charge in [0, 0.05) is 18.6 Å². The van der Waals surface area contributed by atoms with Gasteiger partial charge in [0.1, 0.15) is 0 Å². The average molecular weight is 194 g/mol. The summed E-state index contributed by atoms with van der Waals surface area (Å²) in [6, 6.07) is 1.78. The summed E-state index contributed by atoms with van der Waals surface area (Å²) in [4.78, 5) is 2.77. The van der Waals surface area contributed by atoms with Crippen molar-refractivity contribution in [1.29, 1.82) is 0 Å². The summed E-state index contributed by atoms with van der Waals surface area (Å²) in [6.45, 7) is 4.00. The minimum Gasteiger partial charge on any atom is -0.312 e. The molecule has 2 unspecified atom stereocenters. The lowest BCUT2D eigenvalue weighted by atomic mass is 9.91. The van der Waals surface area contributed by atoms with E-state index in [1.54, 1.807) is 0 Å². The van der Waals surface area contributed by atoms with E-state index in [0.29, 0.717) is 0 Å². The highest BCUT2D eigenvalue weighted by Gasteiger charge is 2.35. The summed E-state index contributed by atoms with van der Waals surface area (Å²) >= 11 is 0. The van der Waals surface area contributed by atoms with E-state index in [1.807, 2.05) is 0 Å². The van der Waals surface area contributed by atoms with Gasteiger partial charge in [0.15, 0.2) is 0 Å². The summed E-state index contributed by atoms with van der Waals surface area (Å²) < 4.78 is 0. The number of fused-ring (bicyclic) bond motifs is 1. The Bertz CT molecular complexity index is 198. The molecular weight excluding hydrogens is 172 g/mol. The van der Waals surface area contributed by atoms with Crippen LogP contribution in [0.25, 0.3) is 0 Å². The molecule has 2 nitrogen and oxygen atoms in total. The molecule has 2 atom stereocenters. The Morgan fingerprint density at radius 1 is 1.00 bits per heavy atom. The number of rotatable bonds is 1. The van der Waals surface area contributed by atoms with Crippen LogP contribution in [0.1, 0.15) is 38.5 Å². The molecule has 0 amide bonds. The van der Waals surface area contributed by atoms with E-state index >= 15 is 0 Å².